The highest BCUT2D eigenvalue weighted by Crippen LogP contribution is 2.25. The molecule has 1 atom stereocenters. The molecule has 1 fully saturated rings. The molecule has 1 amide bonds. The Bertz CT molecular complexity index is 1010. The first-order valence-electron chi connectivity index (χ1n) is 10.5. The summed E-state index contributed by atoms with van der Waals surface area (Å²) in [5, 5.41) is 16.5. The fourth-order valence-corrected chi connectivity index (χ4v) is 3.70. The molecule has 3 heterocycles. The van der Waals surface area contributed by atoms with Crippen LogP contribution in [0.4, 0.5) is 5.82 Å². The van der Waals surface area contributed by atoms with Crippen molar-refractivity contribution in [2.75, 3.05) is 25.1 Å². The van der Waals surface area contributed by atoms with Crippen molar-refractivity contribution in [2.45, 2.75) is 39.2 Å². The van der Waals surface area contributed by atoms with Crippen molar-refractivity contribution >= 4 is 17.4 Å². The van der Waals surface area contributed by atoms with Crippen LogP contribution in [0.3, 0.4) is 0 Å². The number of hydrogen-bond acceptors (Lipinski definition) is 6. The van der Waals surface area contributed by atoms with Crippen molar-refractivity contribution in [1.29, 1.82) is 0 Å². The fraction of sp³-hybridized carbons (Fsp3) is 0.455. The summed E-state index contributed by atoms with van der Waals surface area (Å²) in [6.07, 6.45) is 2.61. The zero-order valence-corrected chi connectivity index (χ0v) is 17.7. The third-order valence-electron chi connectivity index (χ3n) is 5.79. The Morgan fingerprint density at radius 1 is 1.17 bits per heavy atom. The molecule has 3 aromatic rings. The third kappa shape index (κ3) is 4.08. The van der Waals surface area contributed by atoms with Crippen LogP contribution in [0.1, 0.15) is 33.1 Å². The lowest BCUT2D eigenvalue weighted by molar-refractivity contribution is -0.126. The highest BCUT2D eigenvalue weighted by molar-refractivity contribution is 5.79. The Hall–Kier alpha value is -3.16. The summed E-state index contributed by atoms with van der Waals surface area (Å²) in [7, 11) is 1.65. The zero-order chi connectivity index (χ0) is 21.1. The Kier molecular flexibility index (Phi) is 5.83. The van der Waals surface area contributed by atoms with Gasteiger partial charge in [0.15, 0.2) is 11.5 Å². The maximum Gasteiger partial charge on any atom is 0.223 e. The number of ether oxygens (including phenoxy) is 1. The van der Waals surface area contributed by atoms with Crippen molar-refractivity contribution < 1.29 is 9.53 Å². The molecule has 0 spiro atoms. The van der Waals surface area contributed by atoms with Crippen LogP contribution in [0.25, 0.3) is 17.0 Å². The van der Waals surface area contributed by atoms with E-state index >= 15 is 0 Å². The van der Waals surface area contributed by atoms with Crippen LogP contribution in [-0.2, 0) is 4.79 Å². The van der Waals surface area contributed by atoms with E-state index in [0.29, 0.717) is 11.5 Å². The number of nitrogens with one attached hydrogen (secondary N) is 1. The van der Waals surface area contributed by atoms with Crippen LogP contribution < -0.4 is 15.0 Å². The topological polar surface area (TPSA) is 84.7 Å². The lowest BCUT2D eigenvalue weighted by Crippen LogP contribution is -2.43. The van der Waals surface area contributed by atoms with Gasteiger partial charge < -0.3 is 15.0 Å². The van der Waals surface area contributed by atoms with E-state index in [1.807, 2.05) is 43.3 Å². The molecule has 8 heteroatoms. The third-order valence-corrected chi connectivity index (χ3v) is 5.79. The number of benzene rings is 1. The molecule has 0 unspecified atom stereocenters. The average molecular weight is 409 g/mol. The minimum absolute atomic E-state index is 0.0729. The molecule has 1 aliphatic rings. The molecule has 0 aliphatic carbocycles. The van der Waals surface area contributed by atoms with Crippen LogP contribution in [-0.4, -0.2) is 52.0 Å². The van der Waals surface area contributed by atoms with Crippen molar-refractivity contribution in [3.63, 3.8) is 0 Å². The van der Waals surface area contributed by atoms with Gasteiger partial charge in [-0.2, -0.15) is 4.52 Å². The van der Waals surface area contributed by atoms with Crippen molar-refractivity contribution in [1.82, 2.24) is 25.1 Å². The number of hydrogen-bond donors (Lipinski definition) is 1. The van der Waals surface area contributed by atoms with Crippen LogP contribution in [0.5, 0.6) is 5.75 Å². The number of rotatable bonds is 6. The summed E-state index contributed by atoms with van der Waals surface area (Å²) in [4.78, 5) is 14.6. The number of methoxy groups -OCH3 is 1. The molecule has 8 nitrogen and oxygen atoms in total. The molecule has 1 N–H and O–H groups in total. The number of aromatic nitrogens is 4. The molecular weight excluding hydrogens is 380 g/mol. The second-order valence-corrected chi connectivity index (χ2v) is 7.79. The number of carbonyl (C=O) groups excluding carboxylic acids is 1. The minimum atomic E-state index is 0.0729. The van der Waals surface area contributed by atoms with Gasteiger partial charge in [0.1, 0.15) is 11.6 Å². The summed E-state index contributed by atoms with van der Waals surface area (Å²) in [6, 6.07) is 11.8. The number of anilines is 1. The molecule has 1 saturated heterocycles. The van der Waals surface area contributed by atoms with Crippen molar-refractivity contribution in [3.05, 3.63) is 36.4 Å². The van der Waals surface area contributed by atoms with Crippen molar-refractivity contribution in [3.8, 4) is 17.1 Å². The Labute approximate surface area is 176 Å². The van der Waals surface area contributed by atoms with Gasteiger partial charge in [-0.3, -0.25) is 4.79 Å². The molecular formula is C22H28N6O2. The smallest absolute Gasteiger partial charge is 0.223 e. The highest BCUT2D eigenvalue weighted by Gasteiger charge is 2.26. The van der Waals surface area contributed by atoms with Gasteiger partial charge in [0, 0.05) is 30.6 Å². The minimum Gasteiger partial charge on any atom is -0.497 e. The van der Waals surface area contributed by atoms with Gasteiger partial charge in [-0.25, -0.2) is 0 Å². The molecule has 1 aliphatic heterocycles. The summed E-state index contributed by atoms with van der Waals surface area (Å²) in [5.74, 6) is 2.60. The van der Waals surface area contributed by atoms with E-state index in [1.165, 1.54) is 0 Å². The van der Waals surface area contributed by atoms with Gasteiger partial charge in [0.25, 0.3) is 0 Å². The standard InChI is InChI=1S/C22H28N6O2/c1-4-15(2)23-22(29)17-11-13-27(14-12-17)20-10-9-19-24-25-21(28(19)26-20)16-5-7-18(30-3)8-6-16/h5-10,15,17H,4,11-14H2,1-3H3,(H,23,29)/t15-/m0/s1. The van der Waals surface area contributed by atoms with Crippen LogP contribution in [0.2, 0.25) is 0 Å². The number of carbonyl (C=O) groups is 1. The number of amides is 1. The van der Waals surface area contributed by atoms with E-state index in [-0.39, 0.29) is 17.9 Å². The first-order valence-corrected chi connectivity index (χ1v) is 10.5. The predicted molar refractivity (Wildman–Crippen MR) is 116 cm³/mol. The largest absolute Gasteiger partial charge is 0.497 e. The molecule has 4 rings (SSSR count). The second-order valence-electron chi connectivity index (χ2n) is 7.79. The fourth-order valence-electron chi connectivity index (χ4n) is 3.70. The first kappa shape index (κ1) is 20.1. The van der Waals surface area contributed by atoms with Crippen LogP contribution >= 0.6 is 0 Å². The van der Waals surface area contributed by atoms with E-state index in [9.17, 15) is 4.79 Å². The summed E-state index contributed by atoms with van der Waals surface area (Å²) < 4.78 is 7.01. The predicted octanol–water partition coefficient (Wildman–Crippen LogP) is 2.93. The molecule has 0 radical (unpaired) electrons. The van der Waals surface area contributed by atoms with E-state index < -0.39 is 0 Å². The maximum absolute atomic E-state index is 12.4. The Balaban J connectivity index is 1.49. The zero-order valence-electron chi connectivity index (χ0n) is 17.7. The SMILES string of the molecule is CC[C@H](C)NC(=O)C1CCN(c2ccc3nnc(-c4ccc(OC)cc4)n3n2)CC1. The lowest BCUT2D eigenvalue weighted by atomic mass is 9.95. The van der Waals surface area contributed by atoms with Gasteiger partial charge in [-0.15, -0.1) is 15.3 Å². The molecule has 0 saturated carbocycles. The van der Waals surface area contributed by atoms with Gasteiger partial charge in [0.2, 0.25) is 5.91 Å². The maximum atomic E-state index is 12.4. The summed E-state index contributed by atoms with van der Waals surface area (Å²) >= 11 is 0. The second kappa shape index (κ2) is 8.69. The Morgan fingerprint density at radius 2 is 1.90 bits per heavy atom. The molecule has 2 aromatic heterocycles. The van der Waals surface area contributed by atoms with Gasteiger partial charge in [0.05, 0.1) is 7.11 Å². The van der Waals surface area contributed by atoms with Gasteiger partial charge in [-0.1, -0.05) is 6.92 Å². The average Bonchev–Trinajstić information content (AvgIpc) is 3.22. The van der Waals surface area contributed by atoms with Gasteiger partial charge in [-0.05, 0) is 62.6 Å². The van der Waals surface area contributed by atoms with E-state index in [2.05, 4.69) is 27.3 Å². The molecule has 1 aromatic carbocycles. The Morgan fingerprint density at radius 3 is 2.57 bits per heavy atom. The quantitative estimate of drug-likeness (QED) is 0.675. The molecule has 30 heavy (non-hydrogen) atoms. The van der Waals surface area contributed by atoms with E-state index in [0.717, 1.165) is 49.5 Å². The number of nitrogens with zero attached hydrogens (tertiary/aromatic N) is 5. The lowest BCUT2D eigenvalue weighted by Gasteiger charge is -2.32. The van der Waals surface area contributed by atoms with Crippen molar-refractivity contribution in [2.24, 2.45) is 5.92 Å². The van der Waals surface area contributed by atoms with E-state index in [4.69, 9.17) is 9.84 Å². The summed E-state index contributed by atoms with van der Waals surface area (Å²) in [6.45, 7) is 5.74. The van der Waals surface area contributed by atoms with E-state index in [1.54, 1.807) is 11.6 Å². The number of piperidine rings is 1. The number of fused-ring (bicyclic) bond motifs is 1. The molecule has 0 bridgehead atoms. The monoisotopic (exact) mass is 408 g/mol. The first-order chi connectivity index (χ1) is 14.6. The highest BCUT2D eigenvalue weighted by atomic mass is 16.5. The van der Waals surface area contributed by atoms with Crippen LogP contribution in [0.15, 0.2) is 36.4 Å². The van der Waals surface area contributed by atoms with Crippen LogP contribution in [0, 0.1) is 5.92 Å². The summed E-state index contributed by atoms with van der Waals surface area (Å²) in [5.41, 5.74) is 1.63. The molecule has 158 valence electrons. The van der Waals surface area contributed by atoms with Gasteiger partial charge >= 0.3 is 0 Å². The normalized spacial score (nSPS) is 15.9.